The summed E-state index contributed by atoms with van der Waals surface area (Å²) in [5.41, 5.74) is 3.92. The zero-order chi connectivity index (χ0) is 19.9. The summed E-state index contributed by atoms with van der Waals surface area (Å²) in [7, 11) is 0. The predicted molar refractivity (Wildman–Crippen MR) is 120 cm³/mol. The average Bonchev–Trinajstić information content (AvgIpc) is 3.33. The van der Waals surface area contributed by atoms with Gasteiger partial charge in [-0.25, -0.2) is 0 Å². The van der Waals surface area contributed by atoms with Crippen LogP contribution in [0.1, 0.15) is 38.3 Å². The molecular formula is C23H37N5. The minimum absolute atomic E-state index is 0.750. The fraction of sp³-hybridized carbons (Fsp3) is 0.609. The van der Waals surface area contributed by atoms with Gasteiger partial charge in [-0.05, 0) is 56.8 Å². The van der Waals surface area contributed by atoms with Crippen LogP contribution in [0.3, 0.4) is 0 Å². The molecule has 3 rings (SSSR count). The number of nitrogens with zero attached hydrogens (tertiary/aromatic N) is 3. The monoisotopic (exact) mass is 383 g/mol. The van der Waals surface area contributed by atoms with Crippen molar-refractivity contribution in [2.75, 3.05) is 45.8 Å². The van der Waals surface area contributed by atoms with E-state index in [-0.39, 0.29) is 0 Å². The summed E-state index contributed by atoms with van der Waals surface area (Å²) in [5.74, 6) is 1.83. The fourth-order valence-corrected chi connectivity index (χ4v) is 4.30. The van der Waals surface area contributed by atoms with Gasteiger partial charge in [0.15, 0.2) is 5.96 Å². The first-order chi connectivity index (χ1) is 13.7. The van der Waals surface area contributed by atoms with Crippen molar-refractivity contribution >= 4 is 16.9 Å². The number of rotatable bonds is 8. The molecule has 1 saturated heterocycles. The van der Waals surface area contributed by atoms with Crippen molar-refractivity contribution in [3.8, 4) is 0 Å². The highest BCUT2D eigenvalue weighted by molar-refractivity contribution is 5.86. The molecule has 2 aromatic rings. The van der Waals surface area contributed by atoms with Gasteiger partial charge in [0, 0.05) is 49.8 Å². The summed E-state index contributed by atoms with van der Waals surface area (Å²) in [6.07, 6.45) is 4.38. The molecule has 2 heterocycles. The summed E-state index contributed by atoms with van der Waals surface area (Å²) in [5, 5.41) is 4.84. The molecule has 0 spiro atoms. The highest BCUT2D eigenvalue weighted by atomic mass is 15.3. The van der Waals surface area contributed by atoms with Gasteiger partial charge in [0.05, 0.1) is 0 Å². The van der Waals surface area contributed by atoms with Crippen LogP contribution in [0, 0.1) is 12.8 Å². The zero-order valence-electron chi connectivity index (χ0n) is 18.1. The van der Waals surface area contributed by atoms with E-state index in [0.29, 0.717) is 0 Å². The standard InChI is InChI=1S/C23H37N5/c1-5-24-23(28-14-12-19(17-28)16-27(6-2)7-3)25-13-11-20-15-26-22-18(4)9-8-10-21(20)22/h8-10,15,19,26H,5-7,11-14,16-17H2,1-4H3,(H,24,25). The molecule has 154 valence electrons. The third-order valence-corrected chi connectivity index (χ3v) is 5.98. The van der Waals surface area contributed by atoms with E-state index in [1.54, 1.807) is 0 Å². The van der Waals surface area contributed by atoms with Gasteiger partial charge in [-0.1, -0.05) is 32.0 Å². The van der Waals surface area contributed by atoms with Gasteiger partial charge in [0.25, 0.3) is 0 Å². The molecule has 0 radical (unpaired) electrons. The molecule has 1 aliphatic rings. The Morgan fingerprint density at radius 3 is 2.86 bits per heavy atom. The van der Waals surface area contributed by atoms with Crippen molar-refractivity contribution < 1.29 is 0 Å². The Balaban J connectivity index is 1.60. The second-order valence-corrected chi connectivity index (χ2v) is 7.88. The number of likely N-dealkylation sites (tertiary alicyclic amines) is 1. The second-order valence-electron chi connectivity index (χ2n) is 7.88. The highest BCUT2D eigenvalue weighted by Gasteiger charge is 2.25. The first-order valence-corrected chi connectivity index (χ1v) is 11.0. The minimum Gasteiger partial charge on any atom is -0.361 e. The molecule has 0 bridgehead atoms. The lowest BCUT2D eigenvalue weighted by molar-refractivity contribution is 0.255. The number of benzene rings is 1. The second kappa shape index (κ2) is 9.97. The number of para-hydroxylation sites is 1. The Bertz CT molecular complexity index is 774. The van der Waals surface area contributed by atoms with Gasteiger partial charge in [0.1, 0.15) is 0 Å². The number of aromatic nitrogens is 1. The highest BCUT2D eigenvalue weighted by Crippen LogP contribution is 2.22. The molecule has 28 heavy (non-hydrogen) atoms. The van der Waals surface area contributed by atoms with Crippen molar-refractivity contribution in [3.05, 3.63) is 35.5 Å². The number of aromatic amines is 1. The smallest absolute Gasteiger partial charge is 0.193 e. The maximum atomic E-state index is 4.96. The predicted octanol–water partition coefficient (Wildman–Crippen LogP) is 3.65. The lowest BCUT2D eigenvalue weighted by Gasteiger charge is -2.24. The number of fused-ring (bicyclic) bond motifs is 1. The van der Waals surface area contributed by atoms with E-state index >= 15 is 0 Å². The van der Waals surface area contributed by atoms with Gasteiger partial charge in [-0.15, -0.1) is 0 Å². The van der Waals surface area contributed by atoms with Crippen LogP contribution in [0.25, 0.3) is 10.9 Å². The third-order valence-electron chi connectivity index (χ3n) is 5.98. The number of hydrogen-bond donors (Lipinski definition) is 2. The van der Waals surface area contributed by atoms with Crippen LogP contribution in [0.15, 0.2) is 29.4 Å². The Morgan fingerprint density at radius 2 is 2.11 bits per heavy atom. The SMILES string of the molecule is CCNC(=NCCc1c[nH]c2c(C)cccc12)N1CCC(CN(CC)CC)C1. The van der Waals surface area contributed by atoms with Gasteiger partial charge in [0.2, 0.25) is 0 Å². The molecular weight excluding hydrogens is 346 g/mol. The molecule has 1 unspecified atom stereocenters. The number of hydrogen-bond acceptors (Lipinski definition) is 2. The van der Waals surface area contributed by atoms with Crippen molar-refractivity contribution in [1.82, 2.24) is 20.1 Å². The topological polar surface area (TPSA) is 46.7 Å². The minimum atomic E-state index is 0.750. The normalized spacial score (nSPS) is 17.8. The van der Waals surface area contributed by atoms with E-state index < -0.39 is 0 Å². The number of guanidine groups is 1. The van der Waals surface area contributed by atoms with Crippen LogP contribution in [0.4, 0.5) is 0 Å². The molecule has 1 atom stereocenters. The van der Waals surface area contributed by atoms with Crippen molar-refractivity contribution in [3.63, 3.8) is 0 Å². The Labute approximate surface area is 170 Å². The molecule has 1 aromatic heterocycles. The summed E-state index contributed by atoms with van der Waals surface area (Å²) in [6, 6.07) is 6.51. The van der Waals surface area contributed by atoms with E-state index in [1.807, 2.05) is 0 Å². The first-order valence-electron chi connectivity index (χ1n) is 11.0. The molecule has 0 aliphatic carbocycles. The van der Waals surface area contributed by atoms with Crippen molar-refractivity contribution in [2.45, 2.75) is 40.5 Å². The van der Waals surface area contributed by atoms with E-state index in [0.717, 1.165) is 57.6 Å². The summed E-state index contributed by atoms with van der Waals surface area (Å²) in [6.45, 7) is 16.3. The van der Waals surface area contributed by atoms with Crippen LogP contribution in [-0.4, -0.2) is 66.6 Å². The molecule has 2 N–H and O–H groups in total. The zero-order valence-corrected chi connectivity index (χ0v) is 18.1. The van der Waals surface area contributed by atoms with E-state index in [9.17, 15) is 0 Å². The van der Waals surface area contributed by atoms with Gasteiger partial charge in [-0.2, -0.15) is 0 Å². The van der Waals surface area contributed by atoms with Crippen LogP contribution < -0.4 is 5.32 Å². The lowest BCUT2D eigenvalue weighted by Crippen LogP contribution is -2.41. The van der Waals surface area contributed by atoms with E-state index in [2.05, 4.69) is 72.2 Å². The number of H-pyrrole nitrogens is 1. The van der Waals surface area contributed by atoms with E-state index in [4.69, 9.17) is 4.99 Å². The van der Waals surface area contributed by atoms with Crippen LogP contribution >= 0.6 is 0 Å². The van der Waals surface area contributed by atoms with Crippen LogP contribution in [0.5, 0.6) is 0 Å². The average molecular weight is 384 g/mol. The summed E-state index contributed by atoms with van der Waals surface area (Å²) >= 11 is 0. The lowest BCUT2D eigenvalue weighted by atomic mass is 10.1. The maximum Gasteiger partial charge on any atom is 0.193 e. The molecule has 0 saturated carbocycles. The van der Waals surface area contributed by atoms with Crippen LogP contribution in [-0.2, 0) is 6.42 Å². The number of nitrogens with one attached hydrogen (secondary N) is 2. The third kappa shape index (κ3) is 4.88. The number of aliphatic imine (C=N–C) groups is 1. The fourth-order valence-electron chi connectivity index (χ4n) is 4.30. The first kappa shape index (κ1) is 20.7. The molecule has 1 fully saturated rings. The number of aryl methyl sites for hydroxylation is 1. The molecule has 0 amide bonds. The molecule has 1 aliphatic heterocycles. The van der Waals surface area contributed by atoms with Gasteiger partial charge < -0.3 is 20.1 Å². The van der Waals surface area contributed by atoms with Gasteiger partial charge >= 0.3 is 0 Å². The quantitative estimate of drug-likeness (QED) is 0.540. The largest absolute Gasteiger partial charge is 0.361 e. The molecule has 5 heteroatoms. The summed E-state index contributed by atoms with van der Waals surface area (Å²) in [4.78, 5) is 13.4. The van der Waals surface area contributed by atoms with E-state index in [1.165, 1.54) is 35.0 Å². The Morgan fingerprint density at radius 1 is 1.29 bits per heavy atom. The summed E-state index contributed by atoms with van der Waals surface area (Å²) < 4.78 is 0. The van der Waals surface area contributed by atoms with Crippen molar-refractivity contribution in [2.24, 2.45) is 10.9 Å². The van der Waals surface area contributed by atoms with Gasteiger partial charge in [-0.3, -0.25) is 4.99 Å². The molecule has 1 aromatic carbocycles. The Hall–Kier alpha value is -2.01. The van der Waals surface area contributed by atoms with Crippen LogP contribution in [0.2, 0.25) is 0 Å². The maximum absolute atomic E-state index is 4.96. The Kier molecular flexibility index (Phi) is 7.37. The molecule has 5 nitrogen and oxygen atoms in total. The van der Waals surface area contributed by atoms with Crippen molar-refractivity contribution in [1.29, 1.82) is 0 Å².